The molecule has 0 spiro atoms. The number of rotatable bonds is 1. The van der Waals surface area contributed by atoms with Gasteiger partial charge >= 0.3 is 0 Å². The van der Waals surface area contributed by atoms with Gasteiger partial charge in [0.2, 0.25) is 0 Å². The maximum absolute atomic E-state index is 2.36. The molecule has 0 saturated heterocycles. The van der Waals surface area contributed by atoms with Crippen LogP contribution in [0.3, 0.4) is 0 Å². The first-order valence-corrected chi connectivity index (χ1v) is 10.9. The van der Waals surface area contributed by atoms with E-state index >= 15 is 0 Å². The van der Waals surface area contributed by atoms with E-state index in [1.54, 1.807) is 0 Å². The Morgan fingerprint density at radius 3 is 2.06 bits per heavy atom. The molecular weight excluding hydrogens is 372 g/mol. The van der Waals surface area contributed by atoms with Gasteiger partial charge in [-0.3, -0.25) is 0 Å². The van der Waals surface area contributed by atoms with Crippen LogP contribution < -0.4 is 0 Å². The smallest absolute Gasteiger partial charge is 0.00112 e. The second-order valence-corrected chi connectivity index (χ2v) is 8.47. The van der Waals surface area contributed by atoms with Crippen LogP contribution in [-0.4, -0.2) is 0 Å². The Bertz CT molecular complexity index is 1680. The quantitative estimate of drug-likeness (QED) is 0.246. The van der Waals surface area contributed by atoms with Gasteiger partial charge in [0, 0.05) is 0 Å². The average molecular weight is 393 g/mol. The van der Waals surface area contributed by atoms with Crippen molar-refractivity contribution in [3.8, 4) is 11.1 Å². The number of hydrogen-bond donors (Lipinski definition) is 0. The number of hydrogen-bond acceptors (Lipinski definition) is 0. The van der Waals surface area contributed by atoms with Crippen LogP contribution >= 0.6 is 0 Å². The highest BCUT2D eigenvalue weighted by Crippen LogP contribution is 2.47. The molecule has 0 bridgehead atoms. The van der Waals surface area contributed by atoms with E-state index in [9.17, 15) is 0 Å². The largest absolute Gasteiger partial charge is 0.0795 e. The predicted octanol–water partition coefficient (Wildman–Crippen LogP) is 8.54. The topological polar surface area (TPSA) is 0 Å². The zero-order chi connectivity index (χ0) is 20.4. The van der Waals surface area contributed by atoms with E-state index in [-0.39, 0.29) is 0 Å². The summed E-state index contributed by atoms with van der Waals surface area (Å²) in [7, 11) is 0. The van der Waals surface area contributed by atoms with Gasteiger partial charge in [-0.2, -0.15) is 0 Å². The molecule has 0 amide bonds. The molecule has 0 N–H and O–H groups in total. The number of allylic oxidation sites excluding steroid dienone is 1. The third-order valence-corrected chi connectivity index (χ3v) is 6.81. The number of fused-ring (bicyclic) bond motifs is 6. The third-order valence-electron chi connectivity index (χ3n) is 6.81. The fourth-order valence-corrected chi connectivity index (χ4v) is 5.56. The summed E-state index contributed by atoms with van der Waals surface area (Å²) >= 11 is 0. The normalized spacial score (nSPS) is 12.9. The minimum Gasteiger partial charge on any atom is -0.0795 e. The molecule has 0 radical (unpaired) electrons. The number of benzene rings is 6. The van der Waals surface area contributed by atoms with Gasteiger partial charge in [0.1, 0.15) is 0 Å². The first kappa shape index (κ1) is 16.8. The lowest BCUT2D eigenvalue weighted by Gasteiger charge is -2.23. The summed E-state index contributed by atoms with van der Waals surface area (Å²) in [5.74, 6) is 0. The van der Waals surface area contributed by atoms with Crippen LogP contribution in [0.2, 0.25) is 0 Å². The zero-order valence-corrected chi connectivity index (χ0v) is 17.1. The lowest BCUT2D eigenvalue weighted by Crippen LogP contribution is -2.00. The SMILES string of the molecule is C1=Cc2cc3ccccc3c3c2c(c(-c2ccccc2)c2ccc4ccccc4c23)C1. The van der Waals surface area contributed by atoms with E-state index in [4.69, 9.17) is 0 Å². The lowest BCUT2D eigenvalue weighted by molar-refractivity contribution is 1.30. The third kappa shape index (κ3) is 2.30. The van der Waals surface area contributed by atoms with E-state index in [1.165, 1.54) is 65.3 Å². The van der Waals surface area contributed by atoms with Crippen molar-refractivity contribution >= 4 is 49.2 Å². The molecule has 0 saturated carbocycles. The van der Waals surface area contributed by atoms with Crippen molar-refractivity contribution < 1.29 is 0 Å². The monoisotopic (exact) mass is 392 g/mol. The van der Waals surface area contributed by atoms with Gasteiger partial charge in [-0.1, -0.05) is 103 Å². The van der Waals surface area contributed by atoms with E-state index < -0.39 is 0 Å². The van der Waals surface area contributed by atoms with Crippen LogP contribution in [0.25, 0.3) is 60.3 Å². The highest BCUT2D eigenvalue weighted by molar-refractivity contribution is 6.32. The molecule has 0 fully saturated rings. The molecule has 0 heterocycles. The Hall–Kier alpha value is -3.90. The van der Waals surface area contributed by atoms with Gasteiger partial charge in [-0.15, -0.1) is 0 Å². The van der Waals surface area contributed by atoms with Crippen molar-refractivity contribution in [2.24, 2.45) is 0 Å². The molecule has 1 aliphatic carbocycles. The Morgan fingerprint density at radius 2 is 1.23 bits per heavy atom. The molecule has 0 aromatic heterocycles. The first-order valence-electron chi connectivity index (χ1n) is 10.9. The molecule has 144 valence electrons. The Balaban J connectivity index is 1.87. The summed E-state index contributed by atoms with van der Waals surface area (Å²) in [6, 6.07) is 35.6. The predicted molar refractivity (Wildman–Crippen MR) is 135 cm³/mol. The van der Waals surface area contributed by atoms with Crippen LogP contribution in [0.4, 0.5) is 0 Å². The minimum atomic E-state index is 0.967. The van der Waals surface area contributed by atoms with Crippen LogP contribution in [0.15, 0.2) is 103 Å². The summed E-state index contributed by atoms with van der Waals surface area (Å²) in [6.07, 6.45) is 5.60. The second-order valence-electron chi connectivity index (χ2n) is 8.47. The molecule has 1 aliphatic rings. The Labute approximate surface area is 181 Å². The van der Waals surface area contributed by atoms with Crippen LogP contribution in [0.1, 0.15) is 11.1 Å². The average Bonchev–Trinajstić information content (AvgIpc) is 2.84. The highest BCUT2D eigenvalue weighted by atomic mass is 14.2. The highest BCUT2D eigenvalue weighted by Gasteiger charge is 2.21. The molecular formula is C31H20. The van der Waals surface area contributed by atoms with E-state index in [1.807, 2.05) is 0 Å². The van der Waals surface area contributed by atoms with Crippen LogP contribution in [0.5, 0.6) is 0 Å². The summed E-state index contributed by atoms with van der Waals surface area (Å²) in [5, 5.41) is 10.8. The van der Waals surface area contributed by atoms with Crippen molar-refractivity contribution in [3.63, 3.8) is 0 Å². The Morgan fingerprint density at radius 1 is 0.516 bits per heavy atom. The van der Waals surface area contributed by atoms with Gasteiger partial charge in [-0.25, -0.2) is 0 Å². The molecule has 0 nitrogen and oxygen atoms in total. The summed E-state index contributed by atoms with van der Waals surface area (Å²) in [5.41, 5.74) is 5.47. The van der Waals surface area contributed by atoms with Crippen molar-refractivity contribution in [2.45, 2.75) is 6.42 Å². The van der Waals surface area contributed by atoms with Gasteiger partial charge in [0.05, 0.1) is 0 Å². The van der Waals surface area contributed by atoms with Crippen molar-refractivity contribution in [3.05, 3.63) is 114 Å². The van der Waals surface area contributed by atoms with Crippen molar-refractivity contribution in [2.75, 3.05) is 0 Å². The molecule has 0 unspecified atom stereocenters. The lowest BCUT2D eigenvalue weighted by atomic mass is 9.80. The van der Waals surface area contributed by atoms with Gasteiger partial charge in [0.15, 0.2) is 0 Å². The van der Waals surface area contributed by atoms with Gasteiger partial charge in [-0.05, 0) is 77.8 Å². The molecule has 6 aromatic carbocycles. The van der Waals surface area contributed by atoms with E-state index in [2.05, 4.69) is 109 Å². The maximum Gasteiger partial charge on any atom is -0.00112 e. The van der Waals surface area contributed by atoms with Gasteiger partial charge in [0.25, 0.3) is 0 Å². The zero-order valence-electron chi connectivity index (χ0n) is 17.1. The summed E-state index contributed by atoms with van der Waals surface area (Å²) in [4.78, 5) is 0. The standard InChI is InChI=1S/C31H20/c1-2-10-21(11-3-1)28-26-16-8-13-23-19-22-12-5-7-15-25(22)31(29(23)26)30-24-14-6-4-9-20(24)17-18-27(28)30/h1-15,17-19H,16H2. The second kappa shape index (κ2) is 6.30. The first-order chi connectivity index (χ1) is 15.4. The molecule has 6 aromatic rings. The molecule has 0 aliphatic heterocycles. The van der Waals surface area contributed by atoms with Crippen molar-refractivity contribution in [1.29, 1.82) is 0 Å². The fourth-order valence-electron chi connectivity index (χ4n) is 5.56. The molecule has 0 atom stereocenters. The minimum absolute atomic E-state index is 0.967. The van der Waals surface area contributed by atoms with Crippen LogP contribution in [0, 0.1) is 0 Å². The summed E-state index contributed by atoms with van der Waals surface area (Å²) in [6.45, 7) is 0. The molecule has 7 rings (SSSR count). The van der Waals surface area contributed by atoms with Crippen molar-refractivity contribution in [1.82, 2.24) is 0 Å². The van der Waals surface area contributed by atoms with Crippen LogP contribution in [-0.2, 0) is 6.42 Å². The molecule has 31 heavy (non-hydrogen) atoms. The molecule has 0 heteroatoms. The van der Waals surface area contributed by atoms with Gasteiger partial charge < -0.3 is 0 Å². The Kier molecular flexibility index (Phi) is 3.42. The van der Waals surface area contributed by atoms with E-state index in [0.717, 1.165) is 6.42 Å². The fraction of sp³-hybridized carbons (Fsp3) is 0.0323. The van der Waals surface area contributed by atoms with E-state index in [0.29, 0.717) is 0 Å². The summed E-state index contributed by atoms with van der Waals surface area (Å²) < 4.78 is 0. The maximum atomic E-state index is 2.36.